The number of benzene rings is 1. The smallest absolute Gasteiger partial charge is 0.268 e. The Morgan fingerprint density at radius 3 is 2.64 bits per heavy atom. The van der Waals surface area contributed by atoms with Crippen LogP contribution in [0.1, 0.15) is 27.2 Å². The Morgan fingerprint density at radius 1 is 1.27 bits per heavy atom. The van der Waals surface area contributed by atoms with Crippen molar-refractivity contribution in [2.75, 3.05) is 5.75 Å². The minimum absolute atomic E-state index is 0.0733. The molecule has 2 N–H and O–H groups in total. The van der Waals surface area contributed by atoms with Gasteiger partial charge < -0.3 is 10.3 Å². The van der Waals surface area contributed by atoms with E-state index < -0.39 is 15.9 Å². The molecule has 1 atom stereocenters. The van der Waals surface area contributed by atoms with Crippen molar-refractivity contribution in [3.63, 3.8) is 0 Å². The molecule has 0 fully saturated rings. The third kappa shape index (κ3) is 2.54. The fourth-order valence-corrected chi connectivity index (χ4v) is 4.15. The molecule has 1 amide bonds. The number of fused-ring (bicyclic) bond motifs is 1. The maximum Gasteiger partial charge on any atom is 0.268 e. The highest BCUT2D eigenvalue weighted by Crippen LogP contribution is 2.26. The van der Waals surface area contributed by atoms with Gasteiger partial charge >= 0.3 is 0 Å². The van der Waals surface area contributed by atoms with Crippen molar-refractivity contribution in [2.24, 2.45) is 0 Å². The molecule has 1 aliphatic heterocycles. The fourth-order valence-electron chi connectivity index (χ4n) is 2.92. The van der Waals surface area contributed by atoms with E-state index in [1.165, 1.54) is 6.08 Å². The number of carbonyl (C=O) groups is 1. The zero-order chi connectivity index (χ0) is 16.1. The Morgan fingerprint density at radius 2 is 2.00 bits per heavy atom. The van der Waals surface area contributed by atoms with Crippen LogP contribution < -0.4 is 5.32 Å². The van der Waals surface area contributed by atoms with Gasteiger partial charge in [0.2, 0.25) is 0 Å². The summed E-state index contributed by atoms with van der Waals surface area (Å²) in [6, 6.07) is 3.64. The molecule has 0 spiro atoms. The number of amides is 1. The predicted octanol–water partition coefficient (Wildman–Crippen LogP) is 2.13. The van der Waals surface area contributed by atoms with Crippen LogP contribution in [0.4, 0.5) is 0 Å². The molecule has 2 aromatic rings. The van der Waals surface area contributed by atoms with E-state index in [2.05, 4.69) is 16.4 Å². The highest BCUT2D eigenvalue weighted by Gasteiger charge is 2.25. The standard InChI is InChI=1S/C16H18N2O3S/c1-9-6-10(2)14-13(7-9)11(3)15(18-14)16(19)17-12-4-5-22(20,21)8-12/h4-7,12,18H,8H2,1-3H3,(H,17,19). The maximum atomic E-state index is 12.4. The Hall–Kier alpha value is -2.08. The van der Waals surface area contributed by atoms with Gasteiger partial charge in [0.25, 0.3) is 5.91 Å². The van der Waals surface area contributed by atoms with Crippen molar-refractivity contribution >= 4 is 26.6 Å². The van der Waals surface area contributed by atoms with Crippen molar-refractivity contribution in [3.05, 3.63) is 46.0 Å². The molecule has 3 rings (SSSR count). The average molecular weight is 318 g/mol. The third-order valence-electron chi connectivity index (χ3n) is 3.98. The highest BCUT2D eigenvalue weighted by molar-refractivity contribution is 7.94. The summed E-state index contributed by atoms with van der Waals surface area (Å²) in [5.41, 5.74) is 4.54. The van der Waals surface area contributed by atoms with Gasteiger partial charge in [0.05, 0.1) is 11.8 Å². The van der Waals surface area contributed by atoms with E-state index >= 15 is 0 Å². The Bertz CT molecular complexity index is 907. The van der Waals surface area contributed by atoms with Gasteiger partial charge in [-0.15, -0.1) is 0 Å². The van der Waals surface area contributed by atoms with Crippen LogP contribution in [0.5, 0.6) is 0 Å². The summed E-state index contributed by atoms with van der Waals surface area (Å²) in [5.74, 6) is -0.353. The molecule has 0 saturated carbocycles. The van der Waals surface area contributed by atoms with Gasteiger partial charge in [0, 0.05) is 16.3 Å². The number of hydrogen-bond acceptors (Lipinski definition) is 3. The molecule has 1 aromatic heterocycles. The zero-order valence-corrected chi connectivity index (χ0v) is 13.5. The van der Waals surface area contributed by atoms with E-state index in [0.29, 0.717) is 5.69 Å². The third-order valence-corrected chi connectivity index (χ3v) is 5.38. The maximum absolute atomic E-state index is 12.4. The second-order valence-electron chi connectivity index (χ2n) is 5.87. The van der Waals surface area contributed by atoms with Gasteiger partial charge in [0.15, 0.2) is 9.84 Å². The largest absolute Gasteiger partial charge is 0.350 e. The van der Waals surface area contributed by atoms with E-state index in [9.17, 15) is 13.2 Å². The summed E-state index contributed by atoms with van der Waals surface area (Å²) in [5, 5.41) is 4.93. The summed E-state index contributed by atoms with van der Waals surface area (Å²) < 4.78 is 22.8. The number of H-pyrrole nitrogens is 1. The summed E-state index contributed by atoms with van der Waals surface area (Å²) in [7, 11) is -3.18. The summed E-state index contributed by atoms with van der Waals surface area (Å²) in [6.07, 6.45) is 1.51. The van der Waals surface area contributed by atoms with Crippen molar-refractivity contribution in [1.29, 1.82) is 0 Å². The SMILES string of the molecule is Cc1cc(C)c2[nH]c(C(=O)NC3C=CS(=O)(=O)C3)c(C)c2c1. The fraction of sp³-hybridized carbons (Fsp3) is 0.312. The van der Waals surface area contributed by atoms with E-state index in [1.54, 1.807) is 0 Å². The zero-order valence-electron chi connectivity index (χ0n) is 12.7. The molecule has 6 heteroatoms. The molecule has 0 aliphatic carbocycles. The minimum Gasteiger partial charge on any atom is -0.350 e. The Labute approximate surface area is 129 Å². The van der Waals surface area contributed by atoms with Crippen LogP contribution in [0.3, 0.4) is 0 Å². The molecule has 116 valence electrons. The lowest BCUT2D eigenvalue weighted by Gasteiger charge is -2.09. The first-order valence-corrected chi connectivity index (χ1v) is 8.80. The van der Waals surface area contributed by atoms with E-state index in [4.69, 9.17) is 0 Å². The van der Waals surface area contributed by atoms with Crippen LogP contribution >= 0.6 is 0 Å². The topological polar surface area (TPSA) is 79.0 Å². The van der Waals surface area contributed by atoms with Crippen LogP contribution in [-0.2, 0) is 9.84 Å². The van der Waals surface area contributed by atoms with Crippen LogP contribution in [0.2, 0.25) is 0 Å². The first kappa shape index (κ1) is 14.8. The summed E-state index contributed by atoms with van der Waals surface area (Å²) in [6.45, 7) is 5.92. The lowest BCUT2D eigenvalue weighted by Crippen LogP contribution is -2.35. The minimum atomic E-state index is -3.18. The monoisotopic (exact) mass is 318 g/mol. The van der Waals surface area contributed by atoms with Gasteiger partial charge in [-0.25, -0.2) is 8.42 Å². The number of aryl methyl sites for hydroxylation is 3. The van der Waals surface area contributed by atoms with Crippen molar-refractivity contribution in [3.8, 4) is 0 Å². The second-order valence-corrected chi connectivity index (χ2v) is 7.80. The van der Waals surface area contributed by atoms with E-state index in [1.807, 2.05) is 26.8 Å². The first-order chi connectivity index (χ1) is 10.3. The van der Waals surface area contributed by atoms with Crippen LogP contribution in [-0.4, -0.2) is 31.1 Å². The van der Waals surface area contributed by atoms with Crippen molar-refractivity contribution in [1.82, 2.24) is 10.3 Å². The predicted molar refractivity (Wildman–Crippen MR) is 86.7 cm³/mol. The Balaban J connectivity index is 1.94. The number of aromatic nitrogens is 1. The van der Waals surface area contributed by atoms with Crippen LogP contribution in [0.25, 0.3) is 10.9 Å². The lowest BCUT2D eigenvalue weighted by molar-refractivity contribution is 0.0943. The number of nitrogens with one attached hydrogen (secondary N) is 2. The molecule has 2 heterocycles. The van der Waals surface area contributed by atoms with Crippen LogP contribution in [0.15, 0.2) is 23.6 Å². The quantitative estimate of drug-likeness (QED) is 0.890. The summed E-state index contributed by atoms with van der Waals surface area (Å²) >= 11 is 0. The molecule has 1 unspecified atom stereocenters. The van der Waals surface area contributed by atoms with Gasteiger partial charge in [-0.3, -0.25) is 4.79 Å². The number of hydrogen-bond donors (Lipinski definition) is 2. The van der Waals surface area contributed by atoms with E-state index in [0.717, 1.165) is 33.0 Å². The number of carbonyl (C=O) groups excluding carboxylic acids is 1. The molecular formula is C16H18N2O3S. The molecular weight excluding hydrogens is 300 g/mol. The first-order valence-electron chi connectivity index (χ1n) is 7.08. The highest BCUT2D eigenvalue weighted by atomic mass is 32.2. The molecule has 5 nitrogen and oxygen atoms in total. The molecule has 1 aliphatic rings. The summed E-state index contributed by atoms with van der Waals surface area (Å²) in [4.78, 5) is 15.6. The van der Waals surface area contributed by atoms with Gasteiger partial charge in [-0.2, -0.15) is 0 Å². The molecule has 0 saturated heterocycles. The van der Waals surface area contributed by atoms with Crippen molar-refractivity contribution in [2.45, 2.75) is 26.8 Å². The van der Waals surface area contributed by atoms with E-state index in [-0.39, 0.29) is 11.7 Å². The van der Waals surface area contributed by atoms with Gasteiger partial charge in [-0.05, 0) is 44.0 Å². The van der Waals surface area contributed by atoms with Gasteiger partial charge in [-0.1, -0.05) is 11.6 Å². The number of rotatable bonds is 2. The average Bonchev–Trinajstić information content (AvgIpc) is 2.91. The Kier molecular flexibility index (Phi) is 3.36. The molecule has 22 heavy (non-hydrogen) atoms. The number of aromatic amines is 1. The van der Waals surface area contributed by atoms with Gasteiger partial charge in [0.1, 0.15) is 5.69 Å². The van der Waals surface area contributed by atoms with Crippen LogP contribution in [0, 0.1) is 20.8 Å². The molecule has 0 radical (unpaired) electrons. The second kappa shape index (κ2) is 4.98. The number of sulfone groups is 1. The lowest BCUT2D eigenvalue weighted by atomic mass is 10.1. The molecule has 1 aromatic carbocycles. The molecule has 0 bridgehead atoms. The normalized spacial score (nSPS) is 19.7. The van der Waals surface area contributed by atoms with Crippen molar-refractivity contribution < 1.29 is 13.2 Å².